The van der Waals surface area contributed by atoms with Gasteiger partial charge >= 0.3 is 0 Å². The van der Waals surface area contributed by atoms with Gasteiger partial charge in [-0.2, -0.15) is 0 Å². The van der Waals surface area contributed by atoms with E-state index in [2.05, 4.69) is 12.2 Å². The van der Waals surface area contributed by atoms with Crippen LogP contribution < -0.4 is 14.8 Å². The molecule has 1 aliphatic carbocycles. The summed E-state index contributed by atoms with van der Waals surface area (Å²) in [6.45, 7) is 4.95. The van der Waals surface area contributed by atoms with E-state index in [0.717, 1.165) is 49.4 Å². The first-order chi connectivity index (χ1) is 15.9. The number of ether oxygens (including phenoxy) is 2. The lowest BCUT2D eigenvalue weighted by Gasteiger charge is -2.44. The third-order valence-electron chi connectivity index (χ3n) is 7.36. The predicted octanol–water partition coefficient (Wildman–Crippen LogP) is 4.51. The lowest BCUT2D eigenvalue weighted by Crippen LogP contribution is -2.65. The number of nitrogens with zero attached hydrogens (tertiary/aromatic N) is 2. The molecule has 0 bridgehead atoms. The van der Waals surface area contributed by atoms with Gasteiger partial charge in [0.25, 0.3) is 5.91 Å². The standard InChI is InChI=1S/C26H37N3O4/c1-5-6-15-29-24(30)20-16-19-21(32-3)13-14-22(33-4)23(19)28(20)17-26(29,2)25(31)27-18-11-9-7-8-10-12-18/h13-14,16,18H,5-12,15,17H2,1-4H3,(H,27,31). The third kappa shape index (κ3) is 4.18. The summed E-state index contributed by atoms with van der Waals surface area (Å²) in [6, 6.07) is 5.76. The first-order valence-corrected chi connectivity index (χ1v) is 12.3. The van der Waals surface area contributed by atoms with Crippen molar-refractivity contribution in [1.82, 2.24) is 14.8 Å². The molecule has 0 spiro atoms. The molecule has 1 aromatic carbocycles. The summed E-state index contributed by atoms with van der Waals surface area (Å²) in [5.74, 6) is 1.17. The van der Waals surface area contributed by atoms with Crippen molar-refractivity contribution in [2.45, 2.75) is 83.3 Å². The highest BCUT2D eigenvalue weighted by molar-refractivity contribution is 6.05. The summed E-state index contributed by atoms with van der Waals surface area (Å²) < 4.78 is 13.2. The van der Waals surface area contributed by atoms with Gasteiger partial charge in [-0.1, -0.05) is 39.0 Å². The van der Waals surface area contributed by atoms with Crippen LogP contribution in [0, 0.1) is 0 Å². The van der Waals surface area contributed by atoms with Crippen molar-refractivity contribution in [2.24, 2.45) is 0 Å². The minimum absolute atomic E-state index is 0.0618. The highest BCUT2D eigenvalue weighted by atomic mass is 16.5. The van der Waals surface area contributed by atoms with Gasteiger partial charge in [-0.15, -0.1) is 0 Å². The summed E-state index contributed by atoms with van der Waals surface area (Å²) in [5, 5.41) is 4.14. The zero-order valence-electron chi connectivity index (χ0n) is 20.4. The van der Waals surface area contributed by atoms with Crippen molar-refractivity contribution < 1.29 is 19.1 Å². The van der Waals surface area contributed by atoms with Gasteiger partial charge in [-0.3, -0.25) is 9.59 Å². The van der Waals surface area contributed by atoms with Crippen LogP contribution in [0.4, 0.5) is 0 Å². The van der Waals surface area contributed by atoms with E-state index in [0.29, 0.717) is 30.3 Å². The Kier molecular flexibility index (Phi) is 6.86. The fourth-order valence-corrected chi connectivity index (χ4v) is 5.39. The molecule has 1 N–H and O–H groups in total. The molecule has 1 aliphatic heterocycles. The fourth-order valence-electron chi connectivity index (χ4n) is 5.39. The summed E-state index contributed by atoms with van der Waals surface area (Å²) in [6.07, 6.45) is 8.56. The number of carbonyl (C=O) groups excluding carboxylic acids is 2. The van der Waals surface area contributed by atoms with Crippen LogP contribution in [0.2, 0.25) is 0 Å². The molecule has 33 heavy (non-hydrogen) atoms. The van der Waals surface area contributed by atoms with Gasteiger partial charge in [0.1, 0.15) is 22.7 Å². The highest BCUT2D eigenvalue weighted by Gasteiger charge is 2.48. The number of nitrogens with one attached hydrogen (secondary N) is 1. The van der Waals surface area contributed by atoms with Crippen LogP contribution in [0.15, 0.2) is 18.2 Å². The van der Waals surface area contributed by atoms with E-state index in [1.165, 1.54) is 12.8 Å². The minimum atomic E-state index is -0.981. The van der Waals surface area contributed by atoms with Gasteiger partial charge in [-0.25, -0.2) is 0 Å². The molecule has 7 heteroatoms. The number of benzene rings is 1. The first-order valence-electron chi connectivity index (χ1n) is 12.3. The second kappa shape index (κ2) is 9.65. The number of unbranched alkanes of at least 4 members (excludes halogenated alkanes) is 1. The van der Waals surface area contributed by atoms with Gasteiger partial charge in [0, 0.05) is 18.0 Å². The van der Waals surface area contributed by atoms with Crippen LogP contribution in [0.25, 0.3) is 10.9 Å². The molecule has 1 unspecified atom stereocenters. The van der Waals surface area contributed by atoms with E-state index in [4.69, 9.17) is 9.47 Å². The van der Waals surface area contributed by atoms with Crippen molar-refractivity contribution in [3.05, 3.63) is 23.9 Å². The number of hydrogen-bond acceptors (Lipinski definition) is 4. The molecule has 2 aromatic rings. The average Bonchev–Trinajstić information content (AvgIpc) is 3.00. The van der Waals surface area contributed by atoms with Gasteiger partial charge in [0.05, 0.1) is 26.3 Å². The molecule has 7 nitrogen and oxygen atoms in total. The highest BCUT2D eigenvalue weighted by Crippen LogP contribution is 2.40. The van der Waals surface area contributed by atoms with E-state index < -0.39 is 5.54 Å². The molecular weight excluding hydrogens is 418 g/mol. The molecule has 2 heterocycles. The van der Waals surface area contributed by atoms with Crippen molar-refractivity contribution >= 4 is 22.7 Å². The third-order valence-corrected chi connectivity index (χ3v) is 7.36. The number of fused-ring (bicyclic) bond motifs is 3. The zero-order valence-corrected chi connectivity index (χ0v) is 20.4. The van der Waals surface area contributed by atoms with E-state index in [9.17, 15) is 9.59 Å². The molecule has 2 aliphatic rings. The number of carbonyl (C=O) groups is 2. The largest absolute Gasteiger partial charge is 0.496 e. The van der Waals surface area contributed by atoms with Crippen LogP contribution in [-0.2, 0) is 11.3 Å². The second-order valence-corrected chi connectivity index (χ2v) is 9.59. The number of methoxy groups -OCH3 is 2. The molecular formula is C26H37N3O4. The van der Waals surface area contributed by atoms with Crippen LogP contribution in [0.5, 0.6) is 11.5 Å². The normalized spacial score (nSPS) is 21.6. The average molecular weight is 456 g/mol. The molecule has 1 aromatic heterocycles. The van der Waals surface area contributed by atoms with Crippen molar-refractivity contribution in [1.29, 1.82) is 0 Å². The molecule has 0 saturated heterocycles. The van der Waals surface area contributed by atoms with E-state index in [1.54, 1.807) is 19.1 Å². The molecule has 0 radical (unpaired) electrons. The Morgan fingerprint density at radius 1 is 1.12 bits per heavy atom. The maximum atomic E-state index is 13.8. The molecule has 4 rings (SSSR count). The Hall–Kier alpha value is -2.70. The predicted molar refractivity (Wildman–Crippen MR) is 129 cm³/mol. The van der Waals surface area contributed by atoms with E-state index in [-0.39, 0.29) is 17.9 Å². The zero-order chi connectivity index (χ0) is 23.6. The summed E-state index contributed by atoms with van der Waals surface area (Å²) in [7, 11) is 3.24. The minimum Gasteiger partial charge on any atom is -0.496 e. The Labute approximate surface area is 196 Å². The van der Waals surface area contributed by atoms with E-state index >= 15 is 0 Å². The SMILES string of the molecule is CCCCN1C(=O)c2cc3c(OC)ccc(OC)c3n2CC1(C)C(=O)NC1CCCCCC1. The Bertz CT molecular complexity index is 1020. The summed E-state index contributed by atoms with van der Waals surface area (Å²) in [5.41, 5.74) is 0.387. The number of rotatable bonds is 7. The number of hydrogen-bond donors (Lipinski definition) is 1. The van der Waals surface area contributed by atoms with Gasteiger partial charge in [0.15, 0.2) is 0 Å². The molecule has 180 valence electrons. The summed E-state index contributed by atoms with van der Waals surface area (Å²) in [4.78, 5) is 29.4. The van der Waals surface area contributed by atoms with Crippen molar-refractivity contribution in [3.8, 4) is 11.5 Å². The summed E-state index contributed by atoms with van der Waals surface area (Å²) >= 11 is 0. The molecule has 2 amide bonds. The van der Waals surface area contributed by atoms with Crippen LogP contribution in [0.1, 0.15) is 75.7 Å². The Morgan fingerprint density at radius 2 is 1.79 bits per heavy atom. The second-order valence-electron chi connectivity index (χ2n) is 9.59. The molecule has 1 fully saturated rings. The lowest BCUT2D eigenvalue weighted by atomic mass is 9.93. The van der Waals surface area contributed by atoms with Crippen LogP contribution in [0.3, 0.4) is 0 Å². The Morgan fingerprint density at radius 3 is 2.42 bits per heavy atom. The van der Waals surface area contributed by atoms with Crippen molar-refractivity contribution in [2.75, 3.05) is 20.8 Å². The van der Waals surface area contributed by atoms with E-state index in [1.807, 2.05) is 29.7 Å². The van der Waals surface area contributed by atoms with Crippen LogP contribution in [-0.4, -0.2) is 53.6 Å². The topological polar surface area (TPSA) is 72.8 Å². The number of amides is 2. The monoisotopic (exact) mass is 455 g/mol. The Balaban J connectivity index is 1.78. The van der Waals surface area contributed by atoms with Gasteiger partial charge < -0.3 is 24.3 Å². The van der Waals surface area contributed by atoms with Crippen molar-refractivity contribution in [3.63, 3.8) is 0 Å². The van der Waals surface area contributed by atoms with Crippen LogP contribution >= 0.6 is 0 Å². The first kappa shape index (κ1) is 23.5. The molecule has 1 atom stereocenters. The fraction of sp³-hybridized carbons (Fsp3) is 0.615. The van der Waals surface area contributed by atoms with Gasteiger partial charge in [-0.05, 0) is 44.4 Å². The van der Waals surface area contributed by atoms with Gasteiger partial charge in [0.2, 0.25) is 5.91 Å². The maximum Gasteiger partial charge on any atom is 0.271 e. The quantitative estimate of drug-likeness (QED) is 0.624. The maximum absolute atomic E-state index is 13.8. The smallest absolute Gasteiger partial charge is 0.271 e. The molecule has 1 saturated carbocycles. The number of aromatic nitrogens is 1. The lowest BCUT2D eigenvalue weighted by molar-refractivity contribution is -0.133.